The van der Waals surface area contributed by atoms with Gasteiger partial charge in [-0.05, 0) is 35.4 Å². The molecule has 0 saturated carbocycles. The molecule has 0 amide bonds. The molecule has 162 valence electrons. The van der Waals surface area contributed by atoms with Gasteiger partial charge in [0.25, 0.3) is 0 Å². The van der Waals surface area contributed by atoms with Gasteiger partial charge in [0.1, 0.15) is 11.6 Å². The summed E-state index contributed by atoms with van der Waals surface area (Å²) in [5.41, 5.74) is 1.18. The Kier molecular flexibility index (Phi) is 7.00. The molecule has 3 rings (SSSR count). The van der Waals surface area contributed by atoms with Crippen LogP contribution in [-0.2, 0) is 9.84 Å². The van der Waals surface area contributed by atoms with Gasteiger partial charge in [0.05, 0.1) is 11.9 Å². The van der Waals surface area contributed by atoms with Crippen LogP contribution in [0.2, 0.25) is 0 Å². The summed E-state index contributed by atoms with van der Waals surface area (Å²) in [7, 11) is -4.03. The van der Waals surface area contributed by atoms with Gasteiger partial charge in [-0.1, -0.05) is 36.4 Å². The lowest BCUT2D eigenvalue weighted by molar-refractivity contribution is 0.0682. The third-order valence-corrected chi connectivity index (χ3v) is 7.50. The lowest BCUT2D eigenvalue weighted by Gasteiger charge is -2.36. The number of piperidine rings is 1. The van der Waals surface area contributed by atoms with E-state index in [2.05, 4.69) is 0 Å². The Bertz CT molecular complexity index is 968. The standard InChI is InChI=1S/C22H24F3NO3S/c23-19-7-3-17(4-8-19)2-1-15-30(28,29)22(25)11-13-26(14-12-22)16-21(27)18-5-9-20(24)10-6-18/h1-10,21,27H,11-16H2. The molecular weight excluding hydrogens is 415 g/mol. The average Bonchev–Trinajstić information content (AvgIpc) is 2.71. The Balaban J connectivity index is 1.54. The number of nitrogens with zero attached hydrogens (tertiary/aromatic N) is 1. The van der Waals surface area contributed by atoms with Crippen LogP contribution in [-0.4, -0.2) is 48.8 Å². The number of benzene rings is 2. The maximum atomic E-state index is 15.2. The molecule has 2 aromatic carbocycles. The van der Waals surface area contributed by atoms with Crippen LogP contribution >= 0.6 is 0 Å². The number of hydrogen-bond acceptors (Lipinski definition) is 4. The number of β-amino-alcohol motifs (C(OH)–C–C–N with tert-alkyl or cyclic N) is 1. The van der Waals surface area contributed by atoms with Gasteiger partial charge in [-0.15, -0.1) is 0 Å². The number of rotatable bonds is 7. The Hall–Kier alpha value is -2.16. The van der Waals surface area contributed by atoms with Gasteiger partial charge in [-0.25, -0.2) is 21.6 Å². The topological polar surface area (TPSA) is 57.6 Å². The zero-order chi connectivity index (χ0) is 21.8. The number of likely N-dealkylation sites (tertiary alicyclic amines) is 1. The summed E-state index contributed by atoms with van der Waals surface area (Å²) in [5, 5.41) is 7.96. The molecule has 1 fully saturated rings. The zero-order valence-electron chi connectivity index (χ0n) is 16.3. The number of aliphatic hydroxyl groups is 1. The highest BCUT2D eigenvalue weighted by atomic mass is 32.2. The van der Waals surface area contributed by atoms with Gasteiger partial charge < -0.3 is 10.0 Å². The first-order valence-electron chi connectivity index (χ1n) is 9.68. The summed E-state index contributed by atoms with van der Waals surface area (Å²) in [4.78, 5) is 1.80. The molecule has 1 heterocycles. The van der Waals surface area contributed by atoms with Crippen LogP contribution < -0.4 is 0 Å². The van der Waals surface area contributed by atoms with E-state index < -0.39 is 38.3 Å². The van der Waals surface area contributed by atoms with Crippen molar-refractivity contribution in [1.29, 1.82) is 0 Å². The van der Waals surface area contributed by atoms with Crippen molar-refractivity contribution >= 4 is 15.9 Å². The molecule has 8 heteroatoms. The second-order valence-electron chi connectivity index (χ2n) is 7.49. The fourth-order valence-corrected chi connectivity index (χ4v) is 4.90. The van der Waals surface area contributed by atoms with Crippen LogP contribution in [0.5, 0.6) is 0 Å². The van der Waals surface area contributed by atoms with Crippen LogP contribution in [0.4, 0.5) is 13.2 Å². The Labute approximate surface area is 174 Å². The zero-order valence-corrected chi connectivity index (χ0v) is 17.2. The number of sulfone groups is 1. The minimum Gasteiger partial charge on any atom is -0.387 e. The number of alkyl halides is 1. The third kappa shape index (κ3) is 5.50. The predicted octanol–water partition coefficient (Wildman–Crippen LogP) is 3.89. The second kappa shape index (κ2) is 9.32. The molecule has 1 aliphatic heterocycles. The Morgan fingerprint density at radius 3 is 2.10 bits per heavy atom. The minimum absolute atomic E-state index is 0.185. The largest absolute Gasteiger partial charge is 0.387 e. The van der Waals surface area contributed by atoms with Crippen molar-refractivity contribution in [2.45, 2.75) is 23.9 Å². The number of hydrogen-bond donors (Lipinski definition) is 1. The van der Waals surface area contributed by atoms with E-state index in [-0.39, 0.29) is 32.5 Å². The van der Waals surface area contributed by atoms with Gasteiger partial charge in [-0.3, -0.25) is 0 Å². The molecule has 0 aliphatic carbocycles. The van der Waals surface area contributed by atoms with Crippen LogP contribution in [0, 0.1) is 11.6 Å². The lowest BCUT2D eigenvalue weighted by Crippen LogP contribution is -2.47. The van der Waals surface area contributed by atoms with E-state index in [0.29, 0.717) is 11.1 Å². The first-order valence-corrected chi connectivity index (χ1v) is 11.3. The van der Waals surface area contributed by atoms with Crippen LogP contribution in [0.15, 0.2) is 54.6 Å². The fourth-order valence-electron chi connectivity index (χ4n) is 3.45. The van der Waals surface area contributed by atoms with Crippen molar-refractivity contribution in [2.24, 2.45) is 0 Å². The normalized spacial score (nSPS) is 18.5. The maximum Gasteiger partial charge on any atom is 0.213 e. The molecule has 1 aliphatic rings. The van der Waals surface area contributed by atoms with Crippen LogP contribution in [0.3, 0.4) is 0 Å². The summed E-state index contributed by atoms with van der Waals surface area (Å²) in [6.45, 7) is 0.595. The first-order chi connectivity index (χ1) is 14.2. The summed E-state index contributed by atoms with van der Waals surface area (Å²) < 4.78 is 66.2. The molecular formula is C22H24F3NO3S. The van der Waals surface area contributed by atoms with Gasteiger partial charge in [-0.2, -0.15) is 0 Å². The van der Waals surface area contributed by atoms with E-state index in [1.165, 1.54) is 60.7 Å². The summed E-state index contributed by atoms with van der Waals surface area (Å²) >= 11 is 0. The smallest absolute Gasteiger partial charge is 0.213 e. The molecule has 4 nitrogen and oxygen atoms in total. The van der Waals surface area contributed by atoms with E-state index in [4.69, 9.17) is 0 Å². The minimum atomic E-state index is -4.03. The second-order valence-corrected chi connectivity index (χ2v) is 9.78. The van der Waals surface area contributed by atoms with Gasteiger partial charge >= 0.3 is 0 Å². The quantitative estimate of drug-likeness (QED) is 0.711. The Morgan fingerprint density at radius 1 is 1.00 bits per heavy atom. The van der Waals surface area contributed by atoms with Gasteiger partial charge in [0, 0.05) is 32.5 Å². The van der Waals surface area contributed by atoms with Crippen molar-refractivity contribution in [2.75, 3.05) is 25.4 Å². The number of aliphatic hydroxyl groups excluding tert-OH is 1. The van der Waals surface area contributed by atoms with Gasteiger partial charge in [0.15, 0.2) is 9.84 Å². The highest BCUT2D eigenvalue weighted by Crippen LogP contribution is 2.33. The third-order valence-electron chi connectivity index (χ3n) is 5.34. The first kappa shape index (κ1) is 22.5. The van der Waals surface area contributed by atoms with E-state index in [1.807, 2.05) is 0 Å². The molecule has 0 spiro atoms. The molecule has 0 bridgehead atoms. The molecule has 30 heavy (non-hydrogen) atoms. The van der Waals surface area contributed by atoms with Crippen molar-refractivity contribution in [3.8, 4) is 0 Å². The van der Waals surface area contributed by atoms with E-state index in [1.54, 1.807) is 4.90 Å². The molecule has 0 aromatic heterocycles. The monoisotopic (exact) mass is 439 g/mol. The Morgan fingerprint density at radius 2 is 1.53 bits per heavy atom. The highest BCUT2D eigenvalue weighted by Gasteiger charge is 2.45. The highest BCUT2D eigenvalue weighted by molar-refractivity contribution is 7.92. The molecule has 1 N–H and O–H groups in total. The molecule has 1 atom stereocenters. The molecule has 1 saturated heterocycles. The average molecular weight is 439 g/mol. The number of halogens is 3. The van der Waals surface area contributed by atoms with Crippen molar-refractivity contribution in [1.82, 2.24) is 4.90 Å². The summed E-state index contributed by atoms with van der Waals surface area (Å²) in [6.07, 6.45) is 1.66. The molecule has 1 unspecified atom stereocenters. The SMILES string of the molecule is O=S(=O)(CC=Cc1ccc(F)cc1)C1(F)CCN(CC(O)c2ccc(F)cc2)CC1. The van der Waals surface area contributed by atoms with E-state index in [0.717, 1.165) is 0 Å². The predicted molar refractivity (Wildman–Crippen MR) is 110 cm³/mol. The van der Waals surface area contributed by atoms with E-state index >= 15 is 4.39 Å². The lowest BCUT2D eigenvalue weighted by atomic mass is 10.1. The molecule has 2 aromatic rings. The summed E-state index contributed by atoms with van der Waals surface area (Å²) in [6, 6.07) is 11.0. The van der Waals surface area contributed by atoms with Gasteiger partial charge in [0.2, 0.25) is 5.00 Å². The van der Waals surface area contributed by atoms with Crippen LogP contribution in [0.1, 0.15) is 30.1 Å². The fraction of sp³-hybridized carbons (Fsp3) is 0.364. The summed E-state index contributed by atoms with van der Waals surface area (Å²) in [5.74, 6) is -1.23. The van der Waals surface area contributed by atoms with Crippen molar-refractivity contribution in [3.63, 3.8) is 0 Å². The van der Waals surface area contributed by atoms with Crippen molar-refractivity contribution < 1.29 is 26.7 Å². The van der Waals surface area contributed by atoms with Crippen molar-refractivity contribution in [3.05, 3.63) is 77.4 Å². The van der Waals surface area contributed by atoms with E-state index in [9.17, 15) is 22.3 Å². The van der Waals surface area contributed by atoms with Crippen LogP contribution in [0.25, 0.3) is 6.08 Å². The molecule has 0 radical (unpaired) electrons. The maximum absolute atomic E-state index is 15.2.